The van der Waals surface area contributed by atoms with Crippen LogP contribution in [0.5, 0.6) is 0 Å². The fourth-order valence-electron chi connectivity index (χ4n) is 2.72. The lowest BCUT2D eigenvalue weighted by molar-refractivity contribution is 0.0952. The van der Waals surface area contributed by atoms with Gasteiger partial charge in [-0.05, 0) is 37.1 Å². The number of nitrogens with zero attached hydrogens (tertiary/aromatic N) is 3. The van der Waals surface area contributed by atoms with Crippen molar-refractivity contribution in [2.24, 2.45) is 0 Å². The highest BCUT2D eigenvalue weighted by Gasteiger charge is 2.28. The maximum Gasteiger partial charge on any atom is 0.251 e. The number of rotatable bonds is 5. The number of carbonyl (C=O) groups is 1. The summed E-state index contributed by atoms with van der Waals surface area (Å²) in [6.07, 6.45) is 4.90. The Bertz CT molecular complexity index is 852. The van der Waals surface area contributed by atoms with Gasteiger partial charge in [0.1, 0.15) is 0 Å². The van der Waals surface area contributed by atoms with E-state index in [2.05, 4.69) is 10.4 Å². The summed E-state index contributed by atoms with van der Waals surface area (Å²) in [4.78, 5) is 12.3. The number of benzene rings is 1. The summed E-state index contributed by atoms with van der Waals surface area (Å²) in [5.74, 6) is -0.177. The summed E-state index contributed by atoms with van der Waals surface area (Å²) in [6.45, 7) is 1.35. The van der Waals surface area contributed by atoms with E-state index in [-0.39, 0.29) is 11.7 Å². The molecule has 1 N–H and O–H groups in total. The normalized spacial score (nSPS) is 16.6. The van der Waals surface area contributed by atoms with Crippen molar-refractivity contribution in [3.63, 3.8) is 0 Å². The Morgan fingerprint density at radius 3 is 2.88 bits per heavy atom. The molecular formula is C16H19ClN4O3S. The Morgan fingerprint density at radius 1 is 1.32 bits per heavy atom. The van der Waals surface area contributed by atoms with Gasteiger partial charge in [0, 0.05) is 31.0 Å². The van der Waals surface area contributed by atoms with Crippen LogP contribution in [0, 0.1) is 0 Å². The highest BCUT2D eigenvalue weighted by atomic mass is 35.5. The topological polar surface area (TPSA) is 84.3 Å². The standard InChI is InChI=1S/C16H19ClN4O3S/c17-14-5-4-13(16(22)18-7-10-20-8-3-6-19-20)12-15(14)21-9-1-2-11-25(21,23)24/h3-6,8,12H,1-2,7,9-11H2,(H,18,22). The molecule has 0 bridgehead atoms. The van der Waals surface area contributed by atoms with E-state index in [1.54, 1.807) is 23.0 Å². The number of aromatic nitrogens is 2. The largest absolute Gasteiger partial charge is 0.350 e. The molecule has 0 spiro atoms. The number of nitrogens with one attached hydrogen (secondary N) is 1. The third-order valence-electron chi connectivity index (χ3n) is 4.01. The van der Waals surface area contributed by atoms with Gasteiger partial charge in [-0.25, -0.2) is 8.42 Å². The Kier molecular flexibility index (Phi) is 5.29. The Balaban J connectivity index is 1.73. The van der Waals surface area contributed by atoms with Crippen molar-refractivity contribution < 1.29 is 13.2 Å². The molecule has 25 heavy (non-hydrogen) atoms. The van der Waals surface area contributed by atoms with Crippen molar-refractivity contribution in [1.29, 1.82) is 0 Å². The molecule has 2 aromatic rings. The van der Waals surface area contributed by atoms with Gasteiger partial charge in [0.15, 0.2) is 0 Å². The SMILES string of the molecule is O=C(NCCn1cccn1)c1ccc(Cl)c(N2CCCCS2(=O)=O)c1. The van der Waals surface area contributed by atoms with Crippen LogP contribution in [-0.4, -0.2) is 42.9 Å². The molecule has 1 saturated heterocycles. The first kappa shape index (κ1) is 17.8. The lowest BCUT2D eigenvalue weighted by Crippen LogP contribution is -2.38. The smallest absolute Gasteiger partial charge is 0.251 e. The highest BCUT2D eigenvalue weighted by Crippen LogP contribution is 2.31. The van der Waals surface area contributed by atoms with Gasteiger partial charge < -0.3 is 5.32 Å². The van der Waals surface area contributed by atoms with Gasteiger partial charge in [0.05, 0.1) is 23.0 Å². The van der Waals surface area contributed by atoms with Crippen LogP contribution in [-0.2, 0) is 16.6 Å². The average molecular weight is 383 g/mol. The van der Waals surface area contributed by atoms with Gasteiger partial charge in [-0.15, -0.1) is 0 Å². The lowest BCUT2D eigenvalue weighted by Gasteiger charge is -2.29. The molecule has 0 saturated carbocycles. The van der Waals surface area contributed by atoms with Crippen LogP contribution < -0.4 is 9.62 Å². The average Bonchev–Trinajstić information content (AvgIpc) is 3.08. The molecule has 0 unspecified atom stereocenters. The fourth-order valence-corrected chi connectivity index (χ4v) is 4.64. The summed E-state index contributed by atoms with van der Waals surface area (Å²) in [7, 11) is -3.38. The predicted molar refractivity (Wildman–Crippen MR) is 96.4 cm³/mol. The van der Waals surface area contributed by atoms with Gasteiger partial charge in [0.2, 0.25) is 10.0 Å². The molecule has 9 heteroatoms. The fraction of sp³-hybridized carbons (Fsp3) is 0.375. The van der Waals surface area contributed by atoms with Crippen LogP contribution in [0.3, 0.4) is 0 Å². The molecule has 0 radical (unpaired) electrons. The first-order valence-corrected chi connectivity index (χ1v) is 10.0. The van der Waals surface area contributed by atoms with Gasteiger partial charge in [-0.1, -0.05) is 11.6 Å². The summed E-state index contributed by atoms with van der Waals surface area (Å²) < 4.78 is 27.6. The van der Waals surface area contributed by atoms with Crippen LogP contribution in [0.1, 0.15) is 23.2 Å². The second kappa shape index (κ2) is 7.45. The molecule has 2 heterocycles. The van der Waals surface area contributed by atoms with E-state index in [1.165, 1.54) is 10.4 Å². The van der Waals surface area contributed by atoms with E-state index in [9.17, 15) is 13.2 Å². The molecular weight excluding hydrogens is 364 g/mol. The molecule has 3 rings (SSSR count). The quantitative estimate of drug-likeness (QED) is 0.855. The van der Waals surface area contributed by atoms with E-state index in [0.717, 1.165) is 6.42 Å². The number of hydrogen-bond acceptors (Lipinski definition) is 4. The van der Waals surface area contributed by atoms with Crippen molar-refractivity contribution in [2.75, 3.05) is 23.1 Å². The summed E-state index contributed by atoms with van der Waals surface area (Å²) >= 11 is 6.18. The Hall–Kier alpha value is -2.06. The van der Waals surface area contributed by atoms with Crippen molar-refractivity contribution in [3.05, 3.63) is 47.2 Å². The third-order valence-corrected chi connectivity index (χ3v) is 6.19. The minimum Gasteiger partial charge on any atom is -0.350 e. The summed E-state index contributed by atoms with van der Waals surface area (Å²) in [5.41, 5.74) is 0.738. The molecule has 1 amide bonds. The minimum atomic E-state index is -3.38. The molecule has 0 atom stereocenters. The van der Waals surface area contributed by atoms with E-state index in [4.69, 9.17) is 11.6 Å². The number of carbonyl (C=O) groups excluding carboxylic acids is 1. The first-order chi connectivity index (χ1) is 12.0. The van der Waals surface area contributed by atoms with Gasteiger partial charge in [-0.2, -0.15) is 5.10 Å². The van der Waals surface area contributed by atoms with Crippen molar-refractivity contribution in [3.8, 4) is 0 Å². The number of anilines is 1. The van der Waals surface area contributed by atoms with Crippen LogP contribution in [0.2, 0.25) is 5.02 Å². The second-order valence-corrected chi connectivity index (χ2v) is 8.21. The number of amides is 1. The van der Waals surface area contributed by atoms with Crippen LogP contribution in [0.25, 0.3) is 0 Å². The minimum absolute atomic E-state index is 0.101. The molecule has 0 aliphatic carbocycles. The zero-order chi connectivity index (χ0) is 17.9. The van der Waals surface area contributed by atoms with Crippen molar-refractivity contribution in [1.82, 2.24) is 15.1 Å². The summed E-state index contributed by atoms with van der Waals surface area (Å²) in [6, 6.07) is 6.50. The number of sulfonamides is 1. The highest BCUT2D eigenvalue weighted by molar-refractivity contribution is 7.92. The molecule has 7 nitrogen and oxygen atoms in total. The molecule has 1 aromatic carbocycles. The van der Waals surface area contributed by atoms with Gasteiger partial charge >= 0.3 is 0 Å². The maximum absolute atomic E-state index is 12.3. The zero-order valence-electron chi connectivity index (χ0n) is 13.6. The lowest BCUT2D eigenvalue weighted by atomic mass is 10.2. The molecule has 1 fully saturated rings. The van der Waals surface area contributed by atoms with E-state index in [0.29, 0.717) is 42.3 Å². The van der Waals surface area contributed by atoms with Crippen LogP contribution >= 0.6 is 11.6 Å². The predicted octanol–water partition coefficient (Wildman–Crippen LogP) is 1.90. The first-order valence-electron chi connectivity index (χ1n) is 8.03. The third kappa shape index (κ3) is 4.13. The van der Waals surface area contributed by atoms with Crippen molar-refractivity contribution in [2.45, 2.75) is 19.4 Å². The van der Waals surface area contributed by atoms with Gasteiger partial charge in [0.25, 0.3) is 5.91 Å². The Morgan fingerprint density at radius 2 is 2.16 bits per heavy atom. The molecule has 1 aromatic heterocycles. The van der Waals surface area contributed by atoms with Gasteiger partial charge in [-0.3, -0.25) is 13.8 Å². The molecule has 1 aliphatic rings. The van der Waals surface area contributed by atoms with E-state index < -0.39 is 10.0 Å². The second-order valence-electron chi connectivity index (χ2n) is 5.79. The van der Waals surface area contributed by atoms with Crippen LogP contribution in [0.4, 0.5) is 5.69 Å². The molecule has 1 aliphatic heterocycles. The number of halogens is 1. The van der Waals surface area contributed by atoms with E-state index >= 15 is 0 Å². The van der Waals surface area contributed by atoms with Crippen LogP contribution in [0.15, 0.2) is 36.7 Å². The maximum atomic E-state index is 12.3. The zero-order valence-corrected chi connectivity index (χ0v) is 15.1. The number of hydrogen-bond donors (Lipinski definition) is 1. The Labute approximate surface area is 151 Å². The monoisotopic (exact) mass is 382 g/mol. The van der Waals surface area contributed by atoms with E-state index in [1.807, 2.05) is 12.3 Å². The molecule has 134 valence electrons. The summed E-state index contributed by atoms with van der Waals surface area (Å²) in [5, 5.41) is 7.18. The van der Waals surface area contributed by atoms with Crippen molar-refractivity contribution >= 4 is 33.2 Å².